The molecule has 8 heteroatoms. The molecular weight excluding hydrogens is 321 g/mol. The SMILES string of the molecule is CCOCCS(=O)(=O)N(C)C(c1ccc(F)cc1)c1ncc[nH]1. The Kier molecular flexibility index (Phi) is 5.86. The molecule has 1 aromatic heterocycles. The summed E-state index contributed by atoms with van der Waals surface area (Å²) in [6.45, 7) is 2.39. The van der Waals surface area contributed by atoms with Crippen LogP contribution in [0.4, 0.5) is 4.39 Å². The predicted octanol–water partition coefficient (Wildman–Crippen LogP) is 1.94. The molecule has 0 aliphatic rings. The second-order valence-electron chi connectivity index (χ2n) is 4.96. The topological polar surface area (TPSA) is 75.3 Å². The second-order valence-corrected chi connectivity index (χ2v) is 7.11. The molecule has 1 atom stereocenters. The number of nitrogens with zero attached hydrogens (tertiary/aromatic N) is 2. The highest BCUT2D eigenvalue weighted by Crippen LogP contribution is 2.27. The van der Waals surface area contributed by atoms with Crippen molar-refractivity contribution in [2.24, 2.45) is 0 Å². The van der Waals surface area contributed by atoms with E-state index in [1.807, 2.05) is 0 Å². The number of aromatic amines is 1. The van der Waals surface area contributed by atoms with Crippen LogP contribution in [0, 0.1) is 5.82 Å². The lowest BCUT2D eigenvalue weighted by atomic mass is 10.1. The van der Waals surface area contributed by atoms with Crippen molar-refractivity contribution in [2.75, 3.05) is 26.0 Å². The number of H-pyrrole nitrogens is 1. The highest BCUT2D eigenvalue weighted by atomic mass is 32.2. The summed E-state index contributed by atoms with van der Waals surface area (Å²) in [6.07, 6.45) is 3.17. The molecule has 0 aliphatic carbocycles. The van der Waals surface area contributed by atoms with E-state index in [0.29, 0.717) is 18.0 Å². The third kappa shape index (κ3) is 4.37. The number of hydrogen-bond donors (Lipinski definition) is 1. The molecular formula is C15H20FN3O3S. The Morgan fingerprint density at radius 3 is 2.61 bits per heavy atom. The Morgan fingerprint density at radius 1 is 1.35 bits per heavy atom. The van der Waals surface area contributed by atoms with E-state index in [-0.39, 0.29) is 18.2 Å². The normalized spacial score (nSPS) is 13.4. The van der Waals surface area contributed by atoms with Crippen LogP contribution in [0.25, 0.3) is 0 Å². The largest absolute Gasteiger partial charge is 0.381 e. The van der Waals surface area contributed by atoms with E-state index in [9.17, 15) is 12.8 Å². The van der Waals surface area contributed by atoms with E-state index >= 15 is 0 Å². The van der Waals surface area contributed by atoms with Crippen LogP contribution in [0.3, 0.4) is 0 Å². The summed E-state index contributed by atoms with van der Waals surface area (Å²) in [5.41, 5.74) is 0.629. The lowest BCUT2D eigenvalue weighted by molar-refractivity contribution is 0.162. The number of rotatable bonds is 8. The number of ether oxygens (including phenoxy) is 1. The molecule has 1 unspecified atom stereocenters. The molecule has 126 valence electrons. The van der Waals surface area contributed by atoms with E-state index in [2.05, 4.69) is 9.97 Å². The molecule has 1 aromatic carbocycles. The molecule has 0 fully saturated rings. The molecule has 0 radical (unpaired) electrons. The summed E-state index contributed by atoms with van der Waals surface area (Å²) in [5, 5.41) is 0. The first-order valence-electron chi connectivity index (χ1n) is 7.24. The second kappa shape index (κ2) is 7.67. The van der Waals surface area contributed by atoms with Crippen molar-refractivity contribution >= 4 is 10.0 Å². The molecule has 0 amide bonds. The van der Waals surface area contributed by atoms with Crippen molar-refractivity contribution in [1.29, 1.82) is 0 Å². The molecule has 0 aliphatic heterocycles. The summed E-state index contributed by atoms with van der Waals surface area (Å²) in [4.78, 5) is 7.09. The summed E-state index contributed by atoms with van der Waals surface area (Å²) < 4.78 is 44.6. The maximum absolute atomic E-state index is 13.2. The Bertz CT molecular complexity index is 702. The van der Waals surface area contributed by atoms with Gasteiger partial charge < -0.3 is 9.72 Å². The van der Waals surface area contributed by atoms with Crippen molar-refractivity contribution in [1.82, 2.24) is 14.3 Å². The Hall–Kier alpha value is -1.77. The van der Waals surface area contributed by atoms with E-state index in [1.54, 1.807) is 31.5 Å². The number of nitrogens with one attached hydrogen (secondary N) is 1. The number of halogens is 1. The fraction of sp³-hybridized carbons (Fsp3) is 0.400. The van der Waals surface area contributed by atoms with Gasteiger partial charge >= 0.3 is 0 Å². The first-order valence-corrected chi connectivity index (χ1v) is 8.85. The summed E-state index contributed by atoms with van der Waals surface area (Å²) in [5.74, 6) is -0.0386. The summed E-state index contributed by atoms with van der Waals surface area (Å²) in [7, 11) is -2.08. The van der Waals surface area contributed by atoms with Crippen molar-refractivity contribution in [3.63, 3.8) is 0 Å². The van der Waals surface area contributed by atoms with E-state index in [1.165, 1.54) is 23.5 Å². The van der Waals surface area contributed by atoms with Gasteiger partial charge in [-0.05, 0) is 24.6 Å². The van der Waals surface area contributed by atoms with E-state index in [0.717, 1.165) is 0 Å². The number of sulfonamides is 1. The van der Waals surface area contributed by atoms with Crippen molar-refractivity contribution in [3.05, 3.63) is 53.9 Å². The predicted molar refractivity (Wildman–Crippen MR) is 84.9 cm³/mol. The van der Waals surface area contributed by atoms with Gasteiger partial charge in [0.05, 0.1) is 12.4 Å². The van der Waals surface area contributed by atoms with Gasteiger partial charge in [-0.1, -0.05) is 12.1 Å². The highest BCUT2D eigenvalue weighted by Gasteiger charge is 2.30. The van der Waals surface area contributed by atoms with Crippen LogP contribution in [0.5, 0.6) is 0 Å². The van der Waals surface area contributed by atoms with E-state index < -0.39 is 16.1 Å². The van der Waals surface area contributed by atoms with Gasteiger partial charge in [0.15, 0.2) is 0 Å². The van der Waals surface area contributed by atoms with Crippen molar-refractivity contribution in [2.45, 2.75) is 13.0 Å². The first-order chi connectivity index (χ1) is 11.0. The van der Waals surface area contributed by atoms with Crippen LogP contribution in [-0.2, 0) is 14.8 Å². The Labute approximate surface area is 135 Å². The van der Waals surface area contributed by atoms with Crippen LogP contribution in [-0.4, -0.2) is 48.7 Å². The van der Waals surface area contributed by atoms with E-state index in [4.69, 9.17) is 4.74 Å². The lowest BCUT2D eigenvalue weighted by Crippen LogP contribution is -2.35. The van der Waals surface area contributed by atoms with Gasteiger partial charge in [0.2, 0.25) is 10.0 Å². The molecule has 2 aromatic rings. The van der Waals surface area contributed by atoms with Gasteiger partial charge in [0.25, 0.3) is 0 Å². The van der Waals surface area contributed by atoms with Gasteiger partial charge in [-0.25, -0.2) is 17.8 Å². The molecule has 1 heterocycles. The number of aromatic nitrogens is 2. The fourth-order valence-electron chi connectivity index (χ4n) is 2.23. The number of benzene rings is 1. The molecule has 2 rings (SSSR count). The molecule has 1 N–H and O–H groups in total. The lowest BCUT2D eigenvalue weighted by Gasteiger charge is -2.26. The quantitative estimate of drug-likeness (QED) is 0.745. The maximum atomic E-state index is 13.2. The number of imidazole rings is 1. The monoisotopic (exact) mass is 341 g/mol. The van der Waals surface area contributed by atoms with Gasteiger partial charge in [-0.2, -0.15) is 4.31 Å². The van der Waals surface area contributed by atoms with Crippen molar-refractivity contribution in [3.8, 4) is 0 Å². The summed E-state index contributed by atoms with van der Waals surface area (Å²) >= 11 is 0. The average molecular weight is 341 g/mol. The average Bonchev–Trinajstić information content (AvgIpc) is 3.03. The molecule has 0 saturated carbocycles. The standard InChI is InChI=1S/C15H20FN3O3S/c1-3-22-10-11-23(20,21)19(2)14(15-17-8-9-18-15)12-4-6-13(16)7-5-12/h4-9,14H,3,10-11H2,1-2H3,(H,17,18). The van der Waals surface area contributed by atoms with Gasteiger partial charge in [-0.15, -0.1) is 0 Å². The smallest absolute Gasteiger partial charge is 0.217 e. The molecule has 6 nitrogen and oxygen atoms in total. The zero-order valence-electron chi connectivity index (χ0n) is 13.1. The van der Waals surface area contributed by atoms with Gasteiger partial charge in [-0.3, -0.25) is 0 Å². The maximum Gasteiger partial charge on any atom is 0.217 e. The third-order valence-corrected chi connectivity index (χ3v) is 5.23. The van der Waals surface area contributed by atoms with Crippen LogP contribution in [0.1, 0.15) is 24.4 Å². The minimum Gasteiger partial charge on any atom is -0.381 e. The number of hydrogen-bond acceptors (Lipinski definition) is 4. The zero-order valence-corrected chi connectivity index (χ0v) is 13.9. The van der Waals surface area contributed by atoms with Gasteiger partial charge in [0.1, 0.15) is 17.7 Å². The first kappa shape index (κ1) is 17.6. The Balaban J connectivity index is 2.32. The molecule has 0 spiro atoms. The van der Waals surface area contributed by atoms with Crippen LogP contribution in [0.15, 0.2) is 36.7 Å². The Morgan fingerprint density at radius 2 is 2.04 bits per heavy atom. The molecule has 0 saturated heterocycles. The minimum atomic E-state index is -3.56. The molecule has 23 heavy (non-hydrogen) atoms. The van der Waals surface area contributed by atoms with Crippen molar-refractivity contribution < 1.29 is 17.5 Å². The zero-order chi connectivity index (χ0) is 16.9. The third-order valence-electron chi connectivity index (χ3n) is 3.46. The van der Waals surface area contributed by atoms with Crippen LogP contribution >= 0.6 is 0 Å². The fourth-order valence-corrected chi connectivity index (χ4v) is 3.38. The summed E-state index contributed by atoms with van der Waals surface area (Å²) in [6, 6.07) is 5.05. The minimum absolute atomic E-state index is 0.122. The van der Waals surface area contributed by atoms with Crippen LogP contribution in [0.2, 0.25) is 0 Å². The van der Waals surface area contributed by atoms with Crippen LogP contribution < -0.4 is 0 Å². The molecule has 0 bridgehead atoms. The highest BCUT2D eigenvalue weighted by molar-refractivity contribution is 7.89. The van der Waals surface area contributed by atoms with Gasteiger partial charge in [0, 0.05) is 26.0 Å².